The van der Waals surface area contributed by atoms with Crippen molar-refractivity contribution in [1.29, 1.82) is 0 Å². The predicted molar refractivity (Wildman–Crippen MR) is 108 cm³/mol. The first-order valence-corrected chi connectivity index (χ1v) is 9.87. The van der Waals surface area contributed by atoms with Crippen LogP contribution in [0.1, 0.15) is 40.9 Å². The van der Waals surface area contributed by atoms with Crippen LogP contribution in [-0.2, 0) is 13.0 Å². The normalized spacial score (nSPS) is 14.5. The fraction of sp³-hybridized carbons (Fsp3) is 0.292. The average molecular weight is 377 g/mol. The SMILES string of the molecule is O=C(CCCN1CCCc2oc(-c3ccccc3)cc2C1)c1ccc(F)cc1. The molecule has 4 heteroatoms. The molecule has 0 saturated carbocycles. The van der Waals surface area contributed by atoms with Gasteiger partial charge in [-0.15, -0.1) is 0 Å². The van der Waals surface area contributed by atoms with E-state index in [0.717, 1.165) is 56.0 Å². The van der Waals surface area contributed by atoms with Gasteiger partial charge in [0.1, 0.15) is 17.3 Å². The lowest BCUT2D eigenvalue weighted by molar-refractivity contribution is 0.0974. The van der Waals surface area contributed by atoms with E-state index in [0.29, 0.717) is 12.0 Å². The molecule has 1 aliphatic rings. The first kappa shape index (κ1) is 18.6. The average Bonchev–Trinajstić information content (AvgIpc) is 3.02. The molecule has 28 heavy (non-hydrogen) atoms. The molecule has 0 atom stereocenters. The second kappa shape index (κ2) is 8.53. The molecule has 0 saturated heterocycles. The summed E-state index contributed by atoms with van der Waals surface area (Å²) in [7, 11) is 0. The highest BCUT2D eigenvalue weighted by Crippen LogP contribution is 2.29. The Morgan fingerprint density at radius 3 is 2.64 bits per heavy atom. The molecule has 4 rings (SSSR count). The minimum atomic E-state index is -0.313. The Hall–Kier alpha value is -2.72. The van der Waals surface area contributed by atoms with Crippen molar-refractivity contribution in [3.63, 3.8) is 0 Å². The molecule has 0 unspecified atom stereocenters. The fourth-order valence-electron chi connectivity index (χ4n) is 3.77. The number of hydrogen-bond acceptors (Lipinski definition) is 3. The van der Waals surface area contributed by atoms with Crippen LogP contribution in [0.25, 0.3) is 11.3 Å². The first-order chi connectivity index (χ1) is 13.7. The fourth-order valence-corrected chi connectivity index (χ4v) is 3.77. The Balaban J connectivity index is 1.35. The molecule has 0 amide bonds. The summed E-state index contributed by atoms with van der Waals surface area (Å²) in [5.41, 5.74) is 2.94. The number of carbonyl (C=O) groups excluding carboxylic acids is 1. The number of rotatable bonds is 6. The topological polar surface area (TPSA) is 33.5 Å². The summed E-state index contributed by atoms with van der Waals surface area (Å²) in [6.07, 6.45) is 3.29. The first-order valence-electron chi connectivity index (χ1n) is 9.87. The third kappa shape index (κ3) is 4.39. The van der Waals surface area contributed by atoms with E-state index in [1.54, 1.807) is 12.1 Å². The zero-order valence-electron chi connectivity index (χ0n) is 15.9. The molecule has 2 heterocycles. The van der Waals surface area contributed by atoms with Crippen molar-refractivity contribution < 1.29 is 13.6 Å². The maximum atomic E-state index is 13.0. The van der Waals surface area contributed by atoms with Gasteiger partial charge in [0.2, 0.25) is 0 Å². The monoisotopic (exact) mass is 377 g/mol. The van der Waals surface area contributed by atoms with E-state index in [9.17, 15) is 9.18 Å². The Labute approximate surface area is 164 Å². The third-order valence-corrected chi connectivity index (χ3v) is 5.27. The number of Topliss-reactive ketones (excluding diaryl/α,β-unsaturated/α-hetero) is 1. The molecule has 3 nitrogen and oxygen atoms in total. The molecule has 0 fully saturated rings. The summed E-state index contributed by atoms with van der Waals surface area (Å²) in [5.74, 6) is 1.78. The van der Waals surface area contributed by atoms with E-state index in [1.807, 2.05) is 18.2 Å². The van der Waals surface area contributed by atoms with Crippen LogP contribution in [0.15, 0.2) is 65.1 Å². The van der Waals surface area contributed by atoms with E-state index >= 15 is 0 Å². The van der Waals surface area contributed by atoms with Crippen molar-refractivity contribution in [2.45, 2.75) is 32.2 Å². The zero-order valence-corrected chi connectivity index (χ0v) is 15.9. The van der Waals surface area contributed by atoms with Crippen LogP contribution in [0.5, 0.6) is 0 Å². The Morgan fingerprint density at radius 1 is 1.07 bits per heavy atom. The van der Waals surface area contributed by atoms with E-state index < -0.39 is 0 Å². The molecule has 0 radical (unpaired) electrons. The highest BCUT2D eigenvalue weighted by Gasteiger charge is 2.19. The predicted octanol–water partition coefficient (Wildman–Crippen LogP) is 5.50. The second-order valence-electron chi connectivity index (χ2n) is 7.34. The molecule has 0 bridgehead atoms. The van der Waals surface area contributed by atoms with Crippen molar-refractivity contribution in [3.8, 4) is 11.3 Å². The maximum absolute atomic E-state index is 13.0. The van der Waals surface area contributed by atoms with Gasteiger partial charge in [0, 0.05) is 36.1 Å². The van der Waals surface area contributed by atoms with Crippen molar-refractivity contribution in [2.75, 3.05) is 13.1 Å². The molecule has 1 aromatic heterocycles. The molecule has 144 valence electrons. The van der Waals surface area contributed by atoms with Gasteiger partial charge in [-0.1, -0.05) is 30.3 Å². The lowest BCUT2D eigenvalue weighted by Gasteiger charge is -2.19. The van der Waals surface area contributed by atoms with Gasteiger partial charge in [-0.05, 0) is 56.3 Å². The van der Waals surface area contributed by atoms with Crippen LogP contribution in [-0.4, -0.2) is 23.8 Å². The van der Waals surface area contributed by atoms with Crippen LogP contribution >= 0.6 is 0 Å². The maximum Gasteiger partial charge on any atom is 0.162 e. The molecule has 2 aromatic carbocycles. The number of hydrogen-bond donors (Lipinski definition) is 0. The largest absolute Gasteiger partial charge is 0.461 e. The smallest absolute Gasteiger partial charge is 0.162 e. The molecular weight excluding hydrogens is 353 g/mol. The van der Waals surface area contributed by atoms with Crippen molar-refractivity contribution in [1.82, 2.24) is 4.90 Å². The summed E-state index contributed by atoms with van der Waals surface area (Å²) in [5, 5.41) is 0. The number of ketones is 1. The van der Waals surface area contributed by atoms with Gasteiger partial charge < -0.3 is 4.42 Å². The summed E-state index contributed by atoms with van der Waals surface area (Å²) in [6.45, 7) is 2.74. The Kier molecular flexibility index (Phi) is 5.68. The van der Waals surface area contributed by atoms with Crippen molar-refractivity contribution in [2.24, 2.45) is 0 Å². The molecular formula is C24H24FNO2. The zero-order chi connectivity index (χ0) is 19.3. The number of aryl methyl sites for hydroxylation is 1. The number of carbonyl (C=O) groups is 1. The summed E-state index contributed by atoms with van der Waals surface area (Å²) >= 11 is 0. The summed E-state index contributed by atoms with van der Waals surface area (Å²) in [4.78, 5) is 14.7. The number of benzene rings is 2. The van der Waals surface area contributed by atoms with Gasteiger partial charge in [0.15, 0.2) is 5.78 Å². The molecule has 3 aromatic rings. The van der Waals surface area contributed by atoms with Gasteiger partial charge in [0.25, 0.3) is 0 Å². The third-order valence-electron chi connectivity index (χ3n) is 5.27. The van der Waals surface area contributed by atoms with E-state index in [-0.39, 0.29) is 11.6 Å². The van der Waals surface area contributed by atoms with Gasteiger partial charge in [-0.3, -0.25) is 9.69 Å². The molecule has 1 aliphatic heterocycles. The van der Waals surface area contributed by atoms with Crippen molar-refractivity contribution >= 4 is 5.78 Å². The van der Waals surface area contributed by atoms with Gasteiger partial charge in [-0.2, -0.15) is 0 Å². The number of nitrogens with zero attached hydrogens (tertiary/aromatic N) is 1. The number of fused-ring (bicyclic) bond motifs is 1. The number of halogens is 1. The highest BCUT2D eigenvalue weighted by molar-refractivity contribution is 5.95. The van der Waals surface area contributed by atoms with Gasteiger partial charge >= 0.3 is 0 Å². The Bertz CT molecular complexity index is 931. The molecule has 0 aliphatic carbocycles. The van der Waals surface area contributed by atoms with E-state index in [4.69, 9.17) is 4.42 Å². The van der Waals surface area contributed by atoms with Crippen molar-refractivity contribution in [3.05, 3.63) is 83.4 Å². The van der Waals surface area contributed by atoms with Crippen LogP contribution in [0.4, 0.5) is 4.39 Å². The summed E-state index contributed by atoms with van der Waals surface area (Å²) < 4.78 is 19.1. The summed E-state index contributed by atoms with van der Waals surface area (Å²) in [6, 6.07) is 18.1. The minimum Gasteiger partial charge on any atom is -0.461 e. The highest BCUT2D eigenvalue weighted by atomic mass is 19.1. The molecule has 0 N–H and O–H groups in total. The standard InChI is InChI=1S/C24H24FNO2/c25-21-12-10-18(11-13-21)22(27)8-4-14-26-15-5-9-23-20(17-26)16-24(28-23)19-6-2-1-3-7-19/h1-3,6-7,10-13,16H,4-5,8-9,14-15,17H2. The van der Waals surface area contributed by atoms with Crippen LogP contribution < -0.4 is 0 Å². The van der Waals surface area contributed by atoms with Crippen LogP contribution in [0, 0.1) is 5.82 Å². The minimum absolute atomic E-state index is 0.0742. The Morgan fingerprint density at radius 2 is 1.86 bits per heavy atom. The van der Waals surface area contributed by atoms with Gasteiger partial charge in [0.05, 0.1) is 0 Å². The van der Waals surface area contributed by atoms with Crippen LogP contribution in [0.2, 0.25) is 0 Å². The second-order valence-corrected chi connectivity index (χ2v) is 7.34. The van der Waals surface area contributed by atoms with Gasteiger partial charge in [-0.25, -0.2) is 4.39 Å². The lowest BCUT2D eigenvalue weighted by atomic mass is 10.1. The van der Waals surface area contributed by atoms with E-state index in [1.165, 1.54) is 17.7 Å². The van der Waals surface area contributed by atoms with E-state index in [2.05, 4.69) is 23.1 Å². The lowest BCUT2D eigenvalue weighted by Crippen LogP contribution is -2.24. The van der Waals surface area contributed by atoms with Crippen LogP contribution in [0.3, 0.4) is 0 Å². The molecule has 0 spiro atoms. The quantitative estimate of drug-likeness (QED) is 0.532. The number of furan rings is 1.